The number of hydrogen-bond donors (Lipinski definition) is 4. The van der Waals surface area contributed by atoms with E-state index in [1.54, 1.807) is 18.2 Å². The van der Waals surface area contributed by atoms with Crippen molar-refractivity contribution in [3.05, 3.63) is 53.4 Å². The molecule has 0 aliphatic heterocycles. The molecule has 0 atom stereocenters. The number of halogens is 1. The van der Waals surface area contributed by atoms with Crippen molar-refractivity contribution in [1.29, 1.82) is 0 Å². The molecule has 10 nitrogen and oxygen atoms in total. The number of benzene rings is 1. The first-order valence-corrected chi connectivity index (χ1v) is 13.9. The van der Waals surface area contributed by atoms with Gasteiger partial charge in [-0.25, -0.2) is 9.78 Å². The Bertz CT molecular complexity index is 1330. The zero-order valence-electron chi connectivity index (χ0n) is 23.0. The van der Waals surface area contributed by atoms with Crippen LogP contribution in [-0.2, 0) is 9.53 Å². The van der Waals surface area contributed by atoms with Crippen molar-refractivity contribution in [3.63, 3.8) is 0 Å². The highest BCUT2D eigenvalue weighted by Gasteiger charge is 2.29. The number of rotatable bonds is 9. The lowest BCUT2D eigenvalue weighted by molar-refractivity contribution is -0.120. The fraction of sp³-hybridized carbons (Fsp3) is 0.448. The van der Waals surface area contributed by atoms with E-state index < -0.39 is 17.6 Å². The SMILES string of the molecule is CC(C)(C)OC(=O)NCCCNC1CCC(C(=O)Nc2c(C(=O)Nc3ccc(Cl)cn3)oc3ccccc23)CC1. The quantitative estimate of drug-likeness (QED) is 0.241. The van der Waals surface area contributed by atoms with Crippen molar-refractivity contribution in [2.24, 2.45) is 5.92 Å². The van der Waals surface area contributed by atoms with Crippen molar-refractivity contribution < 1.29 is 23.5 Å². The summed E-state index contributed by atoms with van der Waals surface area (Å²) in [7, 11) is 0. The second-order valence-corrected chi connectivity index (χ2v) is 11.3. The van der Waals surface area contributed by atoms with E-state index in [9.17, 15) is 14.4 Å². The van der Waals surface area contributed by atoms with Crippen LogP contribution in [0.3, 0.4) is 0 Å². The number of hydrogen-bond acceptors (Lipinski definition) is 7. The highest BCUT2D eigenvalue weighted by atomic mass is 35.5. The molecule has 1 saturated carbocycles. The van der Waals surface area contributed by atoms with Crippen molar-refractivity contribution in [3.8, 4) is 0 Å². The molecular formula is C29H36ClN5O5. The number of amides is 3. The fourth-order valence-corrected chi connectivity index (χ4v) is 4.75. The van der Waals surface area contributed by atoms with Crippen LogP contribution in [0.2, 0.25) is 5.02 Å². The lowest BCUT2D eigenvalue weighted by Crippen LogP contribution is -2.38. The standard InChI is InChI=1S/C29H36ClN5O5/c1-29(2,3)40-28(38)32-16-6-15-31-20-12-9-18(10-13-20)26(36)35-24-21-7-4-5-8-22(21)39-25(24)27(37)34-23-14-11-19(30)17-33-23/h4-5,7-8,11,14,17-18,20,31H,6,9-10,12-13,15-16H2,1-3H3,(H,32,38)(H,35,36)(H,33,34,37). The lowest BCUT2D eigenvalue weighted by atomic mass is 9.85. The molecule has 3 aromatic rings. The normalized spacial score (nSPS) is 17.3. The molecule has 4 N–H and O–H groups in total. The van der Waals surface area contributed by atoms with Crippen LogP contribution in [0.25, 0.3) is 11.0 Å². The summed E-state index contributed by atoms with van der Waals surface area (Å²) in [5.74, 6) is -0.491. The second kappa shape index (κ2) is 13.1. The Balaban J connectivity index is 1.28. The van der Waals surface area contributed by atoms with E-state index in [1.807, 2.05) is 39.0 Å². The first-order chi connectivity index (χ1) is 19.1. The van der Waals surface area contributed by atoms with Crippen molar-refractivity contribution in [2.75, 3.05) is 23.7 Å². The molecule has 2 aromatic heterocycles. The largest absolute Gasteiger partial charge is 0.449 e. The molecule has 1 aromatic carbocycles. The molecule has 0 radical (unpaired) electrons. The number of fused-ring (bicyclic) bond motifs is 1. The summed E-state index contributed by atoms with van der Waals surface area (Å²) in [6.07, 6.45) is 4.98. The van der Waals surface area contributed by atoms with Gasteiger partial charge in [-0.15, -0.1) is 0 Å². The number of carbonyl (C=O) groups is 3. The fourth-order valence-electron chi connectivity index (χ4n) is 4.64. The topological polar surface area (TPSA) is 135 Å². The number of nitrogens with zero attached hydrogens (tertiary/aromatic N) is 1. The van der Waals surface area contributed by atoms with Gasteiger partial charge in [0.25, 0.3) is 5.91 Å². The Morgan fingerprint density at radius 2 is 1.77 bits per heavy atom. The molecule has 214 valence electrons. The minimum Gasteiger partial charge on any atom is -0.449 e. The van der Waals surface area contributed by atoms with Gasteiger partial charge in [0.15, 0.2) is 0 Å². The Morgan fingerprint density at radius 1 is 1.02 bits per heavy atom. The first-order valence-electron chi connectivity index (χ1n) is 13.5. The number of anilines is 2. The van der Waals surface area contributed by atoms with Crippen LogP contribution in [-0.4, -0.2) is 47.6 Å². The average molecular weight is 570 g/mol. The van der Waals surface area contributed by atoms with Crippen LogP contribution in [0, 0.1) is 5.92 Å². The van der Waals surface area contributed by atoms with E-state index >= 15 is 0 Å². The predicted molar refractivity (Wildman–Crippen MR) is 155 cm³/mol. The summed E-state index contributed by atoms with van der Waals surface area (Å²) in [5, 5.41) is 13.1. The minimum absolute atomic E-state index is 0.0154. The van der Waals surface area contributed by atoms with Crippen molar-refractivity contribution >= 4 is 52.0 Å². The monoisotopic (exact) mass is 569 g/mol. The summed E-state index contributed by atoms with van der Waals surface area (Å²) >= 11 is 5.89. The molecule has 0 unspecified atom stereocenters. The van der Waals surface area contributed by atoms with Gasteiger partial charge < -0.3 is 30.4 Å². The third kappa shape index (κ3) is 8.19. The van der Waals surface area contributed by atoms with Crippen LogP contribution in [0.4, 0.5) is 16.3 Å². The molecular weight excluding hydrogens is 534 g/mol. The smallest absolute Gasteiger partial charge is 0.407 e. The van der Waals surface area contributed by atoms with Crippen LogP contribution in [0.15, 0.2) is 47.0 Å². The Labute approximate surface area is 238 Å². The van der Waals surface area contributed by atoms with Gasteiger partial charge in [-0.2, -0.15) is 0 Å². The number of pyridine rings is 1. The first kappa shape index (κ1) is 29.4. The number of carbonyl (C=O) groups excluding carboxylic acids is 3. The van der Waals surface area contributed by atoms with Gasteiger partial charge in [0.05, 0.1) is 5.02 Å². The summed E-state index contributed by atoms with van der Waals surface area (Å²) in [6.45, 7) is 6.79. The highest BCUT2D eigenvalue weighted by molar-refractivity contribution is 6.30. The van der Waals surface area contributed by atoms with Gasteiger partial charge in [0, 0.05) is 30.1 Å². The number of para-hydroxylation sites is 1. The molecule has 1 aliphatic rings. The van der Waals surface area contributed by atoms with Crippen LogP contribution < -0.4 is 21.3 Å². The lowest BCUT2D eigenvalue weighted by Gasteiger charge is -2.28. The average Bonchev–Trinajstić information content (AvgIpc) is 3.27. The summed E-state index contributed by atoms with van der Waals surface area (Å²) in [4.78, 5) is 42.2. The molecule has 0 bridgehead atoms. The molecule has 0 spiro atoms. The van der Waals surface area contributed by atoms with Gasteiger partial charge in [-0.05, 0) is 83.7 Å². The predicted octanol–water partition coefficient (Wildman–Crippen LogP) is 5.74. The Hall–Kier alpha value is -3.63. The minimum atomic E-state index is -0.518. The van der Waals surface area contributed by atoms with Crippen molar-refractivity contribution in [2.45, 2.75) is 64.5 Å². The molecule has 1 fully saturated rings. The molecule has 3 amide bonds. The van der Waals surface area contributed by atoms with E-state index in [0.717, 1.165) is 38.6 Å². The maximum Gasteiger partial charge on any atom is 0.407 e. The van der Waals surface area contributed by atoms with E-state index in [1.165, 1.54) is 6.20 Å². The number of alkyl carbamates (subject to hydrolysis) is 1. The molecule has 40 heavy (non-hydrogen) atoms. The Kier molecular flexibility index (Phi) is 9.65. The van der Waals surface area contributed by atoms with E-state index in [0.29, 0.717) is 40.1 Å². The number of furan rings is 1. The van der Waals surface area contributed by atoms with Gasteiger partial charge in [-0.3, -0.25) is 9.59 Å². The maximum atomic E-state index is 13.3. The van der Waals surface area contributed by atoms with E-state index in [-0.39, 0.29) is 17.6 Å². The zero-order chi connectivity index (χ0) is 28.7. The number of nitrogens with one attached hydrogen (secondary N) is 4. The maximum absolute atomic E-state index is 13.3. The van der Waals surface area contributed by atoms with E-state index in [2.05, 4.69) is 26.3 Å². The van der Waals surface area contributed by atoms with Gasteiger partial charge in [-0.1, -0.05) is 23.7 Å². The van der Waals surface area contributed by atoms with Gasteiger partial charge >= 0.3 is 6.09 Å². The summed E-state index contributed by atoms with van der Waals surface area (Å²) < 4.78 is 11.1. The van der Waals surface area contributed by atoms with E-state index in [4.69, 9.17) is 20.8 Å². The molecule has 4 rings (SSSR count). The molecule has 1 aliphatic carbocycles. The van der Waals surface area contributed by atoms with Gasteiger partial charge in [0.2, 0.25) is 11.7 Å². The zero-order valence-corrected chi connectivity index (χ0v) is 23.8. The Morgan fingerprint density at radius 3 is 2.48 bits per heavy atom. The summed E-state index contributed by atoms with van der Waals surface area (Å²) in [5.41, 5.74) is 0.340. The summed E-state index contributed by atoms with van der Waals surface area (Å²) in [6, 6.07) is 10.7. The molecule has 11 heteroatoms. The third-order valence-electron chi connectivity index (χ3n) is 6.57. The van der Waals surface area contributed by atoms with Crippen molar-refractivity contribution in [1.82, 2.24) is 15.6 Å². The highest BCUT2D eigenvalue weighted by Crippen LogP contribution is 2.33. The molecule has 2 heterocycles. The van der Waals surface area contributed by atoms with Crippen LogP contribution in [0.5, 0.6) is 0 Å². The van der Waals surface area contributed by atoms with Crippen LogP contribution in [0.1, 0.15) is 63.4 Å². The third-order valence-corrected chi connectivity index (χ3v) is 6.80. The number of ether oxygens (including phenoxy) is 1. The molecule has 0 saturated heterocycles. The number of aromatic nitrogens is 1. The van der Waals surface area contributed by atoms with Gasteiger partial charge in [0.1, 0.15) is 22.7 Å². The second-order valence-electron chi connectivity index (χ2n) is 10.9. The van der Waals surface area contributed by atoms with Crippen LogP contribution >= 0.6 is 11.6 Å².